The van der Waals surface area contributed by atoms with Gasteiger partial charge in [0, 0.05) is 6.04 Å². The van der Waals surface area contributed by atoms with Crippen molar-refractivity contribution in [2.75, 3.05) is 0 Å². The third-order valence-corrected chi connectivity index (χ3v) is 2.98. The molecular formula is C13H21NO2. The van der Waals surface area contributed by atoms with Gasteiger partial charge in [-0.25, -0.2) is 0 Å². The van der Waals surface area contributed by atoms with Gasteiger partial charge < -0.3 is 15.9 Å². The highest BCUT2D eigenvalue weighted by Crippen LogP contribution is 2.22. The standard InChI is InChI=1S/C13H21NO2/c1-8-6-11(15)7-9(2)12(8)4-5-13(16)10(3)14/h6-7,10,13,15-16H,4-5,14H2,1-3H3. The van der Waals surface area contributed by atoms with Gasteiger partial charge in [0.05, 0.1) is 6.10 Å². The van der Waals surface area contributed by atoms with Gasteiger partial charge in [0.2, 0.25) is 0 Å². The van der Waals surface area contributed by atoms with Gasteiger partial charge in [0.1, 0.15) is 5.75 Å². The van der Waals surface area contributed by atoms with Crippen LogP contribution in [0, 0.1) is 13.8 Å². The van der Waals surface area contributed by atoms with Gasteiger partial charge in [0.15, 0.2) is 0 Å². The van der Waals surface area contributed by atoms with E-state index in [-0.39, 0.29) is 6.04 Å². The number of aliphatic hydroxyl groups is 1. The summed E-state index contributed by atoms with van der Waals surface area (Å²) < 4.78 is 0. The number of aromatic hydroxyl groups is 1. The Labute approximate surface area is 96.9 Å². The highest BCUT2D eigenvalue weighted by Gasteiger charge is 2.11. The van der Waals surface area contributed by atoms with Crippen LogP contribution in [0.15, 0.2) is 12.1 Å². The third kappa shape index (κ3) is 3.22. The third-order valence-electron chi connectivity index (χ3n) is 2.98. The van der Waals surface area contributed by atoms with E-state index >= 15 is 0 Å². The first-order chi connectivity index (χ1) is 7.41. The normalized spacial score (nSPS) is 14.8. The molecule has 0 heterocycles. The molecule has 0 aromatic heterocycles. The predicted molar refractivity (Wildman–Crippen MR) is 65.6 cm³/mol. The van der Waals surface area contributed by atoms with Crippen molar-refractivity contribution in [3.63, 3.8) is 0 Å². The van der Waals surface area contributed by atoms with Crippen LogP contribution in [0.4, 0.5) is 0 Å². The highest BCUT2D eigenvalue weighted by molar-refractivity contribution is 5.40. The minimum Gasteiger partial charge on any atom is -0.508 e. The molecule has 0 aliphatic rings. The summed E-state index contributed by atoms with van der Waals surface area (Å²) in [5.41, 5.74) is 8.93. The van der Waals surface area contributed by atoms with E-state index in [0.717, 1.165) is 17.5 Å². The Bertz CT molecular complexity index is 338. The Hall–Kier alpha value is -1.06. The SMILES string of the molecule is Cc1cc(O)cc(C)c1CCC(O)C(C)N. The molecule has 90 valence electrons. The molecule has 1 aromatic rings. The van der Waals surface area contributed by atoms with Crippen molar-refractivity contribution < 1.29 is 10.2 Å². The number of phenolic OH excluding ortho intramolecular Hbond substituents is 1. The Morgan fingerprint density at radius 2 is 1.75 bits per heavy atom. The zero-order chi connectivity index (χ0) is 12.3. The average Bonchev–Trinajstić information content (AvgIpc) is 2.15. The molecule has 0 bridgehead atoms. The number of phenols is 1. The molecule has 1 aromatic carbocycles. The van der Waals surface area contributed by atoms with Gasteiger partial charge in [-0.1, -0.05) is 0 Å². The van der Waals surface area contributed by atoms with Gasteiger partial charge in [-0.05, 0) is 62.4 Å². The lowest BCUT2D eigenvalue weighted by Crippen LogP contribution is -2.31. The lowest BCUT2D eigenvalue weighted by Gasteiger charge is -2.16. The maximum Gasteiger partial charge on any atom is 0.116 e. The lowest BCUT2D eigenvalue weighted by molar-refractivity contribution is 0.141. The number of hydrogen-bond donors (Lipinski definition) is 3. The van der Waals surface area contributed by atoms with E-state index < -0.39 is 6.10 Å². The second kappa shape index (κ2) is 5.32. The first-order valence-corrected chi connectivity index (χ1v) is 5.64. The number of aryl methyl sites for hydroxylation is 2. The van der Waals surface area contributed by atoms with Crippen molar-refractivity contribution in [1.29, 1.82) is 0 Å². The molecule has 1 rings (SSSR count). The fraction of sp³-hybridized carbons (Fsp3) is 0.538. The van der Waals surface area contributed by atoms with Crippen LogP contribution < -0.4 is 5.73 Å². The molecule has 0 aliphatic carbocycles. The molecule has 0 fully saturated rings. The molecule has 0 amide bonds. The van der Waals surface area contributed by atoms with Gasteiger partial charge in [-0.15, -0.1) is 0 Å². The van der Waals surface area contributed by atoms with Crippen LogP contribution in [0.2, 0.25) is 0 Å². The summed E-state index contributed by atoms with van der Waals surface area (Å²) >= 11 is 0. The zero-order valence-corrected chi connectivity index (χ0v) is 10.2. The van der Waals surface area contributed by atoms with Gasteiger partial charge >= 0.3 is 0 Å². The number of hydrogen-bond acceptors (Lipinski definition) is 3. The van der Waals surface area contributed by atoms with Crippen molar-refractivity contribution >= 4 is 0 Å². The molecule has 4 N–H and O–H groups in total. The van der Waals surface area contributed by atoms with Crippen LogP contribution in [0.1, 0.15) is 30.0 Å². The summed E-state index contributed by atoms with van der Waals surface area (Å²) in [6, 6.07) is 3.30. The first-order valence-electron chi connectivity index (χ1n) is 5.64. The van der Waals surface area contributed by atoms with E-state index in [2.05, 4.69) is 0 Å². The van der Waals surface area contributed by atoms with Crippen LogP contribution in [0.25, 0.3) is 0 Å². The average molecular weight is 223 g/mol. The molecular weight excluding hydrogens is 202 g/mol. The van der Waals surface area contributed by atoms with Gasteiger partial charge in [-0.2, -0.15) is 0 Å². The quantitative estimate of drug-likeness (QED) is 0.727. The Kier molecular flexibility index (Phi) is 4.33. The molecule has 0 radical (unpaired) electrons. The Morgan fingerprint density at radius 3 is 2.19 bits per heavy atom. The maximum absolute atomic E-state index is 9.65. The molecule has 0 saturated carbocycles. The monoisotopic (exact) mass is 223 g/mol. The van der Waals surface area contributed by atoms with Crippen LogP contribution in [-0.4, -0.2) is 22.4 Å². The topological polar surface area (TPSA) is 66.5 Å². The fourth-order valence-corrected chi connectivity index (χ4v) is 1.92. The molecule has 3 nitrogen and oxygen atoms in total. The summed E-state index contributed by atoms with van der Waals surface area (Å²) in [6.07, 6.45) is 0.984. The second-order valence-corrected chi connectivity index (χ2v) is 4.52. The van der Waals surface area contributed by atoms with Crippen molar-refractivity contribution in [1.82, 2.24) is 0 Å². The van der Waals surface area contributed by atoms with E-state index in [4.69, 9.17) is 5.73 Å². The molecule has 3 heteroatoms. The molecule has 2 atom stereocenters. The summed E-state index contributed by atoms with van der Waals surface area (Å²) in [7, 11) is 0. The molecule has 0 aliphatic heterocycles. The van der Waals surface area contributed by atoms with Crippen LogP contribution >= 0.6 is 0 Å². The largest absolute Gasteiger partial charge is 0.508 e. The van der Waals surface area contributed by atoms with E-state index in [9.17, 15) is 10.2 Å². The van der Waals surface area contributed by atoms with Crippen molar-refractivity contribution in [3.05, 3.63) is 28.8 Å². The summed E-state index contributed by atoms with van der Waals surface area (Å²) in [5.74, 6) is 0.298. The van der Waals surface area contributed by atoms with Crippen molar-refractivity contribution in [3.8, 4) is 5.75 Å². The molecule has 16 heavy (non-hydrogen) atoms. The zero-order valence-electron chi connectivity index (χ0n) is 10.2. The van der Waals surface area contributed by atoms with Gasteiger partial charge in [0.25, 0.3) is 0 Å². The molecule has 2 unspecified atom stereocenters. The van der Waals surface area contributed by atoms with Gasteiger partial charge in [-0.3, -0.25) is 0 Å². The van der Waals surface area contributed by atoms with Crippen LogP contribution in [-0.2, 0) is 6.42 Å². The number of aliphatic hydroxyl groups excluding tert-OH is 1. The summed E-state index contributed by atoms with van der Waals surface area (Å²) in [5, 5.41) is 19.1. The Balaban J connectivity index is 2.74. The predicted octanol–water partition coefficient (Wildman–Crippen LogP) is 1.65. The minimum absolute atomic E-state index is 0.197. The van der Waals surface area contributed by atoms with E-state index in [1.165, 1.54) is 5.56 Å². The van der Waals surface area contributed by atoms with E-state index in [1.54, 1.807) is 19.1 Å². The maximum atomic E-state index is 9.65. The smallest absolute Gasteiger partial charge is 0.116 e. The first kappa shape index (κ1) is 13.0. The molecule has 0 spiro atoms. The number of benzene rings is 1. The van der Waals surface area contributed by atoms with E-state index in [1.807, 2.05) is 13.8 Å². The molecule has 0 saturated heterocycles. The van der Waals surface area contributed by atoms with E-state index in [0.29, 0.717) is 12.2 Å². The Morgan fingerprint density at radius 1 is 1.25 bits per heavy atom. The highest BCUT2D eigenvalue weighted by atomic mass is 16.3. The van der Waals surface area contributed by atoms with Crippen molar-refractivity contribution in [2.24, 2.45) is 5.73 Å². The van der Waals surface area contributed by atoms with Crippen LogP contribution in [0.3, 0.4) is 0 Å². The number of rotatable bonds is 4. The summed E-state index contributed by atoms with van der Waals surface area (Å²) in [6.45, 7) is 5.75. The second-order valence-electron chi connectivity index (χ2n) is 4.52. The fourth-order valence-electron chi connectivity index (χ4n) is 1.92. The van der Waals surface area contributed by atoms with Crippen molar-refractivity contribution in [2.45, 2.75) is 45.8 Å². The number of nitrogens with two attached hydrogens (primary N) is 1. The summed E-state index contributed by atoms with van der Waals surface area (Å²) in [4.78, 5) is 0. The lowest BCUT2D eigenvalue weighted by atomic mass is 9.95. The minimum atomic E-state index is -0.465. The van der Waals surface area contributed by atoms with Crippen LogP contribution in [0.5, 0.6) is 5.75 Å².